The molecule has 84 valence electrons. The molecule has 2 aromatic rings. The van der Waals surface area contributed by atoms with Crippen molar-refractivity contribution in [2.45, 2.75) is 20.4 Å². The van der Waals surface area contributed by atoms with Crippen molar-refractivity contribution in [3.63, 3.8) is 0 Å². The normalized spacial score (nSPS) is 10.4. The lowest BCUT2D eigenvalue weighted by atomic mass is 10.4. The Morgan fingerprint density at radius 3 is 2.88 bits per heavy atom. The smallest absolute Gasteiger partial charge is 0.225 e. The van der Waals surface area contributed by atoms with Crippen LogP contribution in [-0.2, 0) is 6.54 Å². The molecule has 0 aliphatic heterocycles. The summed E-state index contributed by atoms with van der Waals surface area (Å²) in [6.07, 6.45) is 3.43. The summed E-state index contributed by atoms with van der Waals surface area (Å²) < 4.78 is 7.27. The lowest BCUT2D eigenvalue weighted by Gasteiger charge is -2.02. The van der Waals surface area contributed by atoms with Gasteiger partial charge in [0, 0.05) is 18.3 Å². The van der Waals surface area contributed by atoms with Crippen LogP contribution in [0.15, 0.2) is 18.5 Å². The van der Waals surface area contributed by atoms with Gasteiger partial charge >= 0.3 is 0 Å². The van der Waals surface area contributed by atoms with Gasteiger partial charge in [-0.2, -0.15) is 10.1 Å². The van der Waals surface area contributed by atoms with E-state index in [4.69, 9.17) is 16.3 Å². The molecular weight excluding hydrogens is 228 g/mol. The van der Waals surface area contributed by atoms with Crippen LogP contribution in [0, 0.1) is 6.92 Å². The van der Waals surface area contributed by atoms with Gasteiger partial charge in [0.1, 0.15) is 0 Å². The van der Waals surface area contributed by atoms with Gasteiger partial charge in [-0.25, -0.2) is 4.98 Å². The Hall–Kier alpha value is -1.62. The predicted molar refractivity (Wildman–Crippen MR) is 59.8 cm³/mol. The summed E-state index contributed by atoms with van der Waals surface area (Å²) in [7, 11) is 0. The van der Waals surface area contributed by atoms with Gasteiger partial charge in [0.05, 0.1) is 12.4 Å². The predicted octanol–water partition coefficient (Wildman–Crippen LogP) is 2.45. The number of nitrogens with zero attached hydrogens (tertiary/aromatic N) is 4. The first kappa shape index (κ1) is 10.9. The molecule has 5 nitrogen and oxygen atoms in total. The molecule has 0 fully saturated rings. The van der Waals surface area contributed by atoms with Crippen molar-refractivity contribution in [1.29, 1.82) is 0 Å². The second kappa shape index (κ2) is 4.49. The van der Waals surface area contributed by atoms with E-state index in [0.717, 1.165) is 12.2 Å². The summed E-state index contributed by atoms with van der Waals surface area (Å²) in [4.78, 5) is 7.91. The zero-order valence-electron chi connectivity index (χ0n) is 9.01. The minimum Gasteiger partial charge on any atom is -0.436 e. The molecule has 0 atom stereocenters. The van der Waals surface area contributed by atoms with Gasteiger partial charge < -0.3 is 4.74 Å². The minimum absolute atomic E-state index is 0.179. The molecule has 0 saturated carbocycles. The van der Waals surface area contributed by atoms with Crippen LogP contribution in [-0.4, -0.2) is 19.7 Å². The number of hydrogen-bond acceptors (Lipinski definition) is 4. The van der Waals surface area contributed by atoms with Crippen LogP contribution < -0.4 is 4.74 Å². The average molecular weight is 239 g/mol. The second-order valence-electron chi connectivity index (χ2n) is 3.25. The quantitative estimate of drug-likeness (QED) is 0.771. The van der Waals surface area contributed by atoms with Crippen molar-refractivity contribution in [3.05, 3.63) is 29.4 Å². The van der Waals surface area contributed by atoms with Crippen LogP contribution in [0.5, 0.6) is 11.6 Å². The maximum absolute atomic E-state index is 5.73. The van der Waals surface area contributed by atoms with E-state index in [1.807, 2.05) is 13.8 Å². The van der Waals surface area contributed by atoms with Crippen molar-refractivity contribution >= 4 is 11.6 Å². The molecule has 0 spiro atoms. The fraction of sp³-hybridized carbons (Fsp3) is 0.300. The molecule has 0 radical (unpaired) electrons. The molecule has 0 N–H and O–H groups in total. The molecule has 0 bridgehead atoms. The van der Waals surface area contributed by atoms with E-state index in [9.17, 15) is 0 Å². The van der Waals surface area contributed by atoms with E-state index in [1.165, 1.54) is 0 Å². The van der Waals surface area contributed by atoms with E-state index in [2.05, 4.69) is 15.1 Å². The van der Waals surface area contributed by atoms with Crippen LogP contribution in [0.4, 0.5) is 0 Å². The summed E-state index contributed by atoms with van der Waals surface area (Å²) in [6, 6.07) is 1.72. The van der Waals surface area contributed by atoms with E-state index >= 15 is 0 Å². The van der Waals surface area contributed by atoms with Crippen LogP contribution in [0.2, 0.25) is 5.28 Å². The summed E-state index contributed by atoms with van der Waals surface area (Å²) in [5.41, 5.74) is 0.762. The van der Waals surface area contributed by atoms with Gasteiger partial charge in [0.25, 0.3) is 0 Å². The summed E-state index contributed by atoms with van der Waals surface area (Å²) in [5, 5.41) is 4.27. The van der Waals surface area contributed by atoms with Gasteiger partial charge in [0.15, 0.2) is 5.75 Å². The van der Waals surface area contributed by atoms with Gasteiger partial charge in [-0.15, -0.1) is 0 Å². The molecule has 0 aliphatic rings. The number of hydrogen-bond donors (Lipinski definition) is 0. The van der Waals surface area contributed by atoms with Gasteiger partial charge in [-0.05, 0) is 25.4 Å². The third kappa shape index (κ3) is 2.49. The SMILES string of the molecule is CCn1cc(Oc2cc(C)nc(Cl)n2)cn1. The summed E-state index contributed by atoms with van der Waals surface area (Å²) in [5.74, 6) is 1.06. The molecule has 0 aliphatic carbocycles. The number of aromatic nitrogens is 4. The third-order valence-electron chi connectivity index (χ3n) is 1.96. The zero-order valence-corrected chi connectivity index (χ0v) is 9.77. The molecule has 0 aromatic carbocycles. The number of ether oxygens (including phenoxy) is 1. The molecule has 6 heteroatoms. The summed E-state index contributed by atoms with van der Waals surface area (Å²) in [6.45, 7) is 4.63. The molecule has 0 unspecified atom stereocenters. The van der Waals surface area contributed by atoms with Crippen LogP contribution in [0.25, 0.3) is 0 Å². The van der Waals surface area contributed by atoms with Crippen molar-refractivity contribution in [2.75, 3.05) is 0 Å². The van der Waals surface area contributed by atoms with Crippen LogP contribution in [0.3, 0.4) is 0 Å². The van der Waals surface area contributed by atoms with E-state index in [0.29, 0.717) is 11.6 Å². The van der Waals surface area contributed by atoms with Crippen molar-refractivity contribution in [2.24, 2.45) is 0 Å². The highest BCUT2D eigenvalue weighted by Crippen LogP contribution is 2.20. The summed E-state index contributed by atoms with van der Waals surface area (Å²) >= 11 is 5.73. The number of rotatable bonds is 3. The monoisotopic (exact) mass is 238 g/mol. The highest BCUT2D eigenvalue weighted by atomic mass is 35.5. The van der Waals surface area contributed by atoms with Gasteiger partial charge in [-0.3, -0.25) is 4.68 Å². The highest BCUT2D eigenvalue weighted by Gasteiger charge is 2.04. The largest absolute Gasteiger partial charge is 0.436 e. The molecule has 0 amide bonds. The number of aryl methyl sites for hydroxylation is 2. The Morgan fingerprint density at radius 2 is 2.25 bits per heavy atom. The third-order valence-corrected chi connectivity index (χ3v) is 2.13. The molecule has 2 rings (SSSR count). The lowest BCUT2D eigenvalue weighted by molar-refractivity contribution is 0.459. The van der Waals surface area contributed by atoms with Gasteiger partial charge in [0.2, 0.25) is 11.2 Å². The lowest BCUT2D eigenvalue weighted by Crippen LogP contribution is -1.93. The Labute approximate surface area is 98.0 Å². The topological polar surface area (TPSA) is 52.8 Å². The van der Waals surface area contributed by atoms with Crippen LogP contribution in [0.1, 0.15) is 12.6 Å². The standard InChI is InChI=1S/C10H11ClN4O/c1-3-15-6-8(5-12-15)16-9-4-7(2)13-10(11)14-9/h4-6H,3H2,1-2H3. The molecule has 16 heavy (non-hydrogen) atoms. The Bertz CT molecular complexity index is 477. The van der Waals surface area contributed by atoms with E-state index in [-0.39, 0.29) is 5.28 Å². The first-order valence-corrected chi connectivity index (χ1v) is 5.26. The average Bonchev–Trinajstić information content (AvgIpc) is 2.64. The first-order chi connectivity index (χ1) is 7.67. The Balaban J connectivity index is 2.19. The van der Waals surface area contributed by atoms with Crippen LogP contribution >= 0.6 is 11.6 Å². The Kier molecular flexibility index (Phi) is 3.05. The molecular formula is C10H11ClN4O. The van der Waals surface area contributed by atoms with E-state index in [1.54, 1.807) is 23.1 Å². The Morgan fingerprint density at radius 1 is 1.44 bits per heavy atom. The van der Waals surface area contributed by atoms with Crippen molar-refractivity contribution in [3.8, 4) is 11.6 Å². The van der Waals surface area contributed by atoms with Crippen molar-refractivity contribution < 1.29 is 4.74 Å². The fourth-order valence-electron chi connectivity index (χ4n) is 1.25. The van der Waals surface area contributed by atoms with E-state index < -0.39 is 0 Å². The molecule has 0 saturated heterocycles. The molecule has 2 heterocycles. The first-order valence-electron chi connectivity index (χ1n) is 4.89. The minimum atomic E-state index is 0.179. The number of halogens is 1. The highest BCUT2D eigenvalue weighted by molar-refractivity contribution is 6.28. The van der Waals surface area contributed by atoms with Gasteiger partial charge in [-0.1, -0.05) is 0 Å². The maximum Gasteiger partial charge on any atom is 0.225 e. The second-order valence-corrected chi connectivity index (χ2v) is 3.59. The van der Waals surface area contributed by atoms with Crippen molar-refractivity contribution in [1.82, 2.24) is 19.7 Å². The fourth-order valence-corrected chi connectivity index (χ4v) is 1.46. The maximum atomic E-state index is 5.73. The molecule has 2 aromatic heterocycles. The zero-order chi connectivity index (χ0) is 11.5.